The van der Waals surface area contributed by atoms with Crippen LogP contribution in [0.15, 0.2) is 27.1 Å². The molecule has 0 radical (unpaired) electrons. The number of amides is 1. The maximum atomic E-state index is 11.5. The number of aliphatic hydroxyl groups excluding tert-OH is 1. The topological polar surface area (TPSA) is 49.3 Å². The van der Waals surface area contributed by atoms with E-state index in [0.717, 1.165) is 14.6 Å². The minimum absolute atomic E-state index is 0.0936. The van der Waals surface area contributed by atoms with Crippen LogP contribution in [0.3, 0.4) is 0 Å². The van der Waals surface area contributed by atoms with Crippen molar-refractivity contribution in [1.82, 2.24) is 0 Å². The van der Waals surface area contributed by atoms with Crippen LogP contribution in [0.2, 0.25) is 0 Å². The molecular formula is C11H13Br2NO2. The number of carbonyl (C=O) groups is 1. The Balaban J connectivity index is 2.56. The Morgan fingerprint density at radius 1 is 1.50 bits per heavy atom. The number of carbonyl (C=O) groups excluding carboxylic acids is 1. The van der Waals surface area contributed by atoms with Gasteiger partial charge in [-0.2, -0.15) is 0 Å². The van der Waals surface area contributed by atoms with E-state index in [0.29, 0.717) is 12.8 Å². The van der Waals surface area contributed by atoms with E-state index in [-0.39, 0.29) is 5.91 Å². The molecular weight excluding hydrogens is 338 g/mol. The normalized spacial score (nSPS) is 12.2. The highest BCUT2D eigenvalue weighted by molar-refractivity contribution is 9.11. The number of hydrogen-bond donors (Lipinski definition) is 2. The zero-order chi connectivity index (χ0) is 12.1. The molecule has 1 aromatic carbocycles. The van der Waals surface area contributed by atoms with Gasteiger partial charge in [-0.1, -0.05) is 15.9 Å². The first-order chi connectivity index (χ1) is 7.49. The first-order valence-electron chi connectivity index (χ1n) is 4.92. The van der Waals surface area contributed by atoms with Gasteiger partial charge in [0, 0.05) is 15.4 Å². The molecule has 0 fully saturated rings. The number of halogens is 2. The van der Waals surface area contributed by atoms with Crippen molar-refractivity contribution in [3.8, 4) is 0 Å². The standard InChI is InChI=1S/C11H13Br2NO2/c1-7(15)2-5-11(16)14-10-4-3-8(12)6-9(10)13/h3-4,6-7,15H,2,5H2,1H3,(H,14,16). The van der Waals surface area contributed by atoms with Crippen LogP contribution in [-0.4, -0.2) is 17.1 Å². The second-order valence-corrected chi connectivity index (χ2v) is 5.33. The van der Waals surface area contributed by atoms with Crippen LogP contribution >= 0.6 is 31.9 Å². The van der Waals surface area contributed by atoms with Gasteiger partial charge < -0.3 is 10.4 Å². The number of rotatable bonds is 4. The van der Waals surface area contributed by atoms with Crippen molar-refractivity contribution in [3.05, 3.63) is 27.1 Å². The van der Waals surface area contributed by atoms with Crippen molar-refractivity contribution < 1.29 is 9.90 Å². The lowest BCUT2D eigenvalue weighted by Gasteiger charge is -2.08. The van der Waals surface area contributed by atoms with Crippen LogP contribution in [0.5, 0.6) is 0 Å². The molecule has 1 aromatic rings. The maximum Gasteiger partial charge on any atom is 0.224 e. The van der Waals surface area contributed by atoms with E-state index >= 15 is 0 Å². The van der Waals surface area contributed by atoms with E-state index in [4.69, 9.17) is 5.11 Å². The Morgan fingerprint density at radius 3 is 2.75 bits per heavy atom. The highest BCUT2D eigenvalue weighted by Crippen LogP contribution is 2.26. The van der Waals surface area contributed by atoms with Gasteiger partial charge in [0.1, 0.15) is 0 Å². The largest absolute Gasteiger partial charge is 0.393 e. The Kier molecular flexibility index (Phi) is 5.44. The molecule has 0 saturated heterocycles. The third kappa shape index (κ3) is 4.63. The van der Waals surface area contributed by atoms with E-state index in [1.165, 1.54) is 0 Å². The van der Waals surface area contributed by atoms with Gasteiger partial charge in [0.25, 0.3) is 0 Å². The van der Waals surface area contributed by atoms with Crippen LogP contribution in [0, 0.1) is 0 Å². The second kappa shape index (κ2) is 6.37. The number of aliphatic hydroxyl groups is 1. The van der Waals surface area contributed by atoms with Gasteiger partial charge in [-0.15, -0.1) is 0 Å². The second-order valence-electron chi connectivity index (χ2n) is 3.56. The van der Waals surface area contributed by atoms with Gasteiger partial charge in [-0.3, -0.25) is 4.79 Å². The predicted molar refractivity (Wildman–Crippen MR) is 71.4 cm³/mol. The molecule has 0 bridgehead atoms. The zero-order valence-corrected chi connectivity index (χ0v) is 12.0. The van der Waals surface area contributed by atoms with Gasteiger partial charge in [0.15, 0.2) is 0 Å². The first-order valence-corrected chi connectivity index (χ1v) is 6.50. The molecule has 0 aliphatic carbocycles. The average Bonchev–Trinajstić information content (AvgIpc) is 2.19. The van der Waals surface area contributed by atoms with Crippen molar-refractivity contribution in [2.24, 2.45) is 0 Å². The van der Waals surface area contributed by atoms with Crippen LogP contribution in [0.1, 0.15) is 19.8 Å². The minimum atomic E-state index is -0.445. The molecule has 88 valence electrons. The van der Waals surface area contributed by atoms with Gasteiger partial charge in [0.2, 0.25) is 5.91 Å². The fraction of sp³-hybridized carbons (Fsp3) is 0.364. The molecule has 0 aromatic heterocycles. The fourth-order valence-electron chi connectivity index (χ4n) is 1.14. The summed E-state index contributed by atoms with van der Waals surface area (Å²) in [6.45, 7) is 1.67. The molecule has 2 N–H and O–H groups in total. The van der Waals surface area contributed by atoms with Crippen LogP contribution in [-0.2, 0) is 4.79 Å². The van der Waals surface area contributed by atoms with Crippen LogP contribution in [0.4, 0.5) is 5.69 Å². The number of benzene rings is 1. The lowest BCUT2D eigenvalue weighted by atomic mass is 10.2. The summed E-state index contributed by atoms with van der Waals surface area (Å²) in [5.41, 5.74) is 0.735. The van der Waals surface area contributed by atoms with Crippen molar-refractivity contribution in [2.75, 3.05) is 5.32 Å². The Bertz CT molecular complexity index is 380. The summed E-state index contributed by atoms with van der Waals surface area (Å²) in [6.07, 6.45) is 0.347. The Morgan fingerprint density at radius 2 is 2.19 bits per heavy atom. The van der Waals surface area contributed by atoms with E-state index in [1.807, 2.05) is 18.2 Å². The van der Waals surface area contributed by atoms with E-state index in [9.17, 15) is 4.79 Å². The third-order valence-corrected chi connectivity index (χ3v) is 3.14. The van der Waals surface area contributed by atoms with Gasteiger partial charge in [-0.05, 0) is 47.5 Å². The lowest BCUT2D eigenvalue weighted by Crippen LogP contribution is -2.14. The molecule has 0 aliphatic rings. The monoisotopic (exact) mass is 349 g/mol. The molecule has 0 aliphatic heterocycles. The van der Waals surface area contributed by atoms with Crippen molar-refractivity contribution >= 4 is 43.5 Å². The summed E-state index contributed by atoms with van der Waals surface area (Å²) in [4.78, 5) is 11.5. The van der Waals surface area contributed by atoms with Gasteiger partial charge in [-0.25, -0.2) is 0 Å². The van der Waals surface area contributed by atoms with Gasteiger partial charge >= 0.3 is 0 Å². The highest BCUT2D eigenvalue weighted by Gasteiger charge is 2.07. The number of nitrogens with one attached hydrogen (secondary N) is 1. The smallest absolute Gasteiger partial charge is 0.224 e. The zero-order valence-electron chi connectivity index (χ0n) is 8.84. The molecule has 3 nitrogen and oxygen atoms in total. The van der Waals surface area contributed by atoms with E-state index < -0.39 is 6.10 Å². The molecule has 0 spiro atoms. The summed E-state index contributed by atoms with van der Waals surface area (Å²) in [5.74, 6) is -0.0936. The van der Waals surface area contributed by atoms with Crippen molar-refractivity contribution in [3.63, 3.8) is 0 Å². The molecule has 1 atom stereocenters. The van der Waals surface area contributed by atoms with Gasteiger partial charge in [0.05, 0.1) is 11.8 Å². The molecule has 5 heteroatoms. The summed E-state index contributed by atoms with van der Waals surface area (Å²) in [7, 11) is 0. The minimum Gasteiger partial charge on any atom is -0.393 e. The molecule has 1 amide bonds. The van der Waals surface area contributed by atoms with Crippen LogP contribution in [0.25, 0.3) is 0 Å². The lowest BCUT2D eigenvalue weighted by molar-refractivity contribution is -0.116. The van der Waals surface area contributed by atoms with Crippen molar-refractivity contribution in [1.29, 1.82) is 0 Å². The van der Waals surface area contributed by atoms with Crippen molar-refractivity contribution in [2.45, 2.75) is 25.9 Å². The Labute approximate surface area is 111 Å². The van der Waals surface area contributed by atoms with E-state index in [1.54, 1.807) is 6.92 Å². The molecule has 1 rings (SSSR count). The Hall–Kier alpha value is -0.390. The third-order valence-electron chi connectivity index (χ3n) is 1.99. The maximum absolute atomic E-state index is 11.5. The molecule has 0 heterocycles. The summed E-state index contributed by atoms with van der Waals surface area (Å²) in [6, 6.07) is 5.54. The first kappa shape index (κ1) is 13.7. The molecule has 0 saturated carbocycles. The fourth-order valence-corrected chi connectivity index (χ4v) is 2.29. The number of hydrogen-bond acceptors (Lipinski definition) is 2. The van der Waals surface area contributed by atoms with Crippen LogP contribution < -0.4 is 5.32 Å². The highest BCUT2D eigenvalue weighted by atomic mass is 79.9. The predicted octanol–water partition coefficient (Wildman–Crippen LogP) is 3.31. The molecule has 1 unspecified atom stereocenters. The summed E-state index contributed by atoms with van der Waals surface area (Å²) in [5, 5.41) is 11.8. The van der Waals surface area contributed by atoms with E-state index in [2.05, 4.69) is 37.2 Å². The number of anilines is 1. The molecule has 16 heavy (non-hydrogen) atoms. The summed E-state index contributed by atoms with van der Waals surface area (Å²) >= 11 is 6.70. The summed E-state index contributed by atoms with van der Waals surface area (Å²) < 4.78 is 1.77. The quantitative estimate of drug-likeness (QED) is 0.875. The SMILES string of the molecule is CC(O)CCC(=O)Nc1ccc(Br)cc1Br. The average molecular weight is 351 g/mol.